The van der Waals surface area contributed by atoms with E-state index in [0.29, 0.717) is 0 Å². The smallest absolute Gasteiger partial charge is 0.165 e. The largest absolute Gasteiger partial charge is 0.497 e. The summed E-state index contributed by atoms with van der Waals surface area (Å²) in [6.07, 6.45) is 1.35. The Kier molecular flexibility index (Phi) is 6.66. The van der Waals surface area contributed by atoms with Gasteiger partial charge in [0.25, 0.3) is 0 Å². The summed E-state index contributed by atoms with van der Waals surface area (Å²) in [5, 5.41) is 11.8. The summed E-state index contributed by atoms with van der Waals surface area (Å²) in [5.74, 6) is -1.96. The summed E-state index contributed by atoms with van der Waals surface area (Å²) < 4.78 is 58.2. The Bertz CT molecular complexity index is 966. The molecule has 0 aromatic heterocycles. The van der Waals surface area contributed by atoms with Crippen LogP contribution in [0.25, 0.3) is 0 Å². The minimum Gasteiger partial charge on any atom is -0.497 e. The first-order valence-corrected chi connectivity index (χ1v) is 10.2. The molecule has 2 aromatic rings. The fraction of sp³-hybridized carbons (Fsp3) is 0.273. The minimum absolute atomic E-state index is 0.0147. The lowest BCUT2D eigenvalue weighted by Crippen LogP contribution is -2.33. The molecule has 0 heterocycles. The third-order valence-electron chi connectivity index (χ3n) is 5.04. The number of aliphatic hydroxyl groups is 1. The fourth-order valence-electron chi connectivity index (χ4n) is 3.52. The molecule has 0 unspecified atom stereocenters. The molecule has 0 radical (unpaired) electrons. The van der Waals surface area contributed by atoms with Crippen LogP contribution in [-0.4, -0.2) is 30.4 Å². The van der Waals surface area contributed by atoms with Gasteiger partial charge in [0.2, 0.25) is 0 Å². The lowest BCUT2D eigenvalue weighted by atomic mass is 9.76. The van der Waals surface area contributed by atoms with Crippen molar-refractivity contribution >= 4 is 22.6 Å². The van der Waals surface area contributed by atoms with Crippen molar-refractivity contribution in [2.75, 3.05) is 21.3 Å². The summed E-state index contributed by atoms with van der Waals surface area (Å²) in [5.41, 5.74) is -1.56. The van der Waals surface area contributed by atoms with Gasteiger partial charge in [0, 0.05) is 0 Å². The second-order valence-electron chi connectivity index (χ2n) is 6.67. The van der Waals surface area contributed by atoms with E-state index in [0.717, 1.165) is 18.2 Å². The second kappa shape index (κ2) is 8.89. The molecule has 160 valence electrons. The zero-order chi connectivity index (χ0) is 22.1. The number of hydrogen-bond acceptors (Lipinski definition) is 4. The molecule has 1 aliphatic rings. The molecule has 30 heavy (non-hydrogen) atoms. The summed E-state index contributed by atoms with van der Waals surface area (Å²) in [4.78, 5) is 0. The first kappa shape index (κ1) is 22.5. The van der Waals surface area contributed by atoms with Gasteiger partial charge in [-0.2, -0.15) is 0 Å². The van der Waals surface area contributed by atoms with E-state index in [-0.39, 0.29) is 40.4 Å². The highest BCUT2D eigenvalue weighted by molar-refractivity contribution is 14.1. The third-order valence-corrected chi connectivity index (χ3v) is 6.05. The van der Waals surface area contributed by atoms with E-state index in [1.54, 1.807) is 0 Å². The van der Waals surface area contributed by atoms with Crippen molar-refractivity contribution < 1.29 is 32.5 Å². The van der Waals surface area contributed by atoms with Gasteiger partial charge in [0.1, 0.15) is 11.4 Å². The fourth-order valence-corrected chi connectivity index (χ4v) is 4.54. The lowest BCUT2D eigenvalue weighted by Gasteiger charge is -2.35. The Morgan fingerprint density at radius 1 is 0.900 bits per heavy atom. The topological polar surface area (TPSA) is 47.9 Å². The van der Waals surface area contributed by atoms with Gasteiger partial charge in [-0.3, -0.25) is 0 Å². The van der Waals surface area contributed by atoms with Crippen molar-refractivity contribution in [2.45, 2.75) is 15.9 Å². The average molecular weight is 532 g/mol. The van der Waals surface area contributed by atoms with Crippen LogP contribution < -0.4 is 9.47 Å². The van der Waals surface area contributed by atoms with Gasteiger partial charge in [-0.15, -0.1) is 0 Å². The Morgan fingerprint density at radius 2 is 1.40 bits per heavy atom. The molecule has 1 N–H and O–H groups in total. The van der Waals surface area contributed by atoms with Crippen LogP contribution in [0.15, 0.2) is 59.6 Å². The van der Waals surface area contributed by atoms with Crippen LogP contribution in [0, 0.1) is 11.6 Å². The van der Waals surface area contributed by atoms with Crippen molar-refractivity contribution in [3.63, 3.8) is 0 Å². The monoisotopic (exact) mass is 532 g/mol. The molecule has 0 aliphatic heterocycles. The molecule has 2 aromatic carbocycles. The van der Waals surface area contributed by atoms with Gasteiger partial charge < -0.3 is 19.3 Å². The van der Waals surface area contributed by atoms with Gasteiger partial charge in [-0.25, -0.2) is 13.2 Å². The number of rotatable bonds is 6. The first-order valence-electron chi connectivity index (χ1n) is 8.95. The first-order chi connectivity index (χ1) is 14.3. The van der Waals surface area contributed by atoms with Crippen LogP contribution in [0.4, 0.5) is 13.2 Å². The van der Waals surface area contributed by atoms with Crippen molar-refractivity contribution in [3.8, 4) is 11.5 Å². The number of alkyl halides is 1. The molecule has 3 rings (SSSR count). The van der Waals surface area contributed by atoms with Gasteiger partial charge in [-0.05, 0) is 53.5 Å². The Morgan fingerprint density at radius 3 is 1.77 bits per heavy atom. The molecule has 0 bridgehead atoms. The molecule has 0 saturated heterocycles. The number of hydrogen-bond donors (Lipinski definition) is 1. The van der Waals surface area contributed by atoms with E-state index in [2.05, 4.69) is 0 Å². The number of benzene rings is 2. The molecule has 1 aliphatic carbocycles. The standard InChI is InChI=1S/C22H20F3IO4/c1-28-19-6-4-12(8-15(19)23)22(27,13-5-7-20(29-2)16(24)9-13)14-10-17(25)21(30-3)18(26)11-14/h4-10,18,27H,11H2,1-3H3/t18-/m0/s1. The molecule has 1 atom stereocenters. The molecular weight excluding hydrogens is 512 g/mol. The van der Waals surface area contributed by atoms with E-state index in [1.807, 2.05) is 22.6 Å². The lowest BCUT2D eigenvalue weighted by molar-refractivity contribution is 0.114. The highest BCUT2D eigenvalue weighted by Crippen LogP contribution is 2.45. The Hall–Kier alpha value is -2.20. The quantitative estimate of drug-likeness (QED) is 0.412. The molecule has 0 fully saturated rings. The normalized spacial score (nSPS) is 16.9. The molecule has 4 nitrogen and oxygen atoms in total. The van der Waals surface area contributed by atoms with E-state index >= 15 is 0 Å². The van der Waals surface area contributed by atoms with Crippen molar-refractivity contribution in [2.24, 2.45) is 0 Å². The maximum absolute atomic E-state index is 14.7. The van der Waals surface area contributed by atoms with Gasteiger partial charge in [0.15, 0.2) is 29.0 Å². The number of ether oxygens (including phenoxy) is 3. The highest BCUT2D eigenvalue weighted by atomic mass is 127. The van der Waals surface area contributed by atoms with Crippen LogP contribution in [0.1, 0.15) is 17.5 Å². The van der Waals surface area contributed by atoms with E-state index in [1.165, 1.54) is 45.6 Å². The van der Waals surface area contributed by atoms with Gasteiger partial charge >= 0.3 is 0 Å². The zero-order valence-electron chi connectivity index (χ0n) is 16.5. The number of halogens is 4. The van der Waals surface area contributed by atoms with Gasteiger partial charge in [0.05, 0.1) is 25.3 Å². The summed E-state index contributed by atoms with van der Waals surface area (Å²) in [6.45, 7) is 0. The van der Waals surface area contributed by atoms with Crippen LogP contribution >= 0.6 is 22.6 Å². The van der Waals surface area contributed by atoms with Crippen LogP contribution in [0.5, 0.6) is 11.5 Å². The van der Waals surface area contributed by atoms with E-state index in [9.17, 15) is 18.3 Å². The minimum atomic E-state index is -2.00. The third kappa shape index (κ3) is 3.90. The highest BCUT2D eigenvalue weighted by Gasteiger charge is 2.40. The van der Waals surface area contributed by atoms with E-state index < -0.39 is 27.0 Å². The predicted octanol–water partition coefficient (Wildman–Crippen LogP) is 5.18. The maximum Gasteiger partial charge on any atom is 0.165 e. The molecule has 0 amide bonds. The predicted molar refractivity (Wildman–Crippen MR) is 115 cm³/mol. The van der Waals surface area contributed by atoms with E-state index in [4.69, 9.17) is 14.2 Å². The summed E-state index contributed by atoms with van der Waals surface area (Å²) in [7, 11) is 4.00. The van der Waals surface area contributed by atoms with Gasteiger partial charge in [-0.1, -0.05) is 34.7 Å². The molecular formula is C22H20F3IO4. The maximum atomic E-state index is 14.7. The van der Waals surface area contributed by atoms with Crippen LogP contribution in [-0.2, 0) is 10.3 Å². The molecule has 8 heteroatoms. The van der Waals surface area contributed by atoms with Crippen molar-refractivity contribution in [1.29, 1.82) is 0 Å². The zero-order valence-corrected chi connectivity index (χ0v) is 18.7. The second-order valence-corrected chi connectivity index (χ2v) is 8.17. The molecule has 0 saturated carbocycles. The SMILES string of the molecule is COC1=C(F)C=C(C(O)(c2ccc(OC)c(F)c2)c2ccc(OC)c(F)c2)C[C@@H]1I. The average Bonchev–Trinajstić information content (AvgIpc) is 2.72. The molecule has 0 spiro atoms. The van der Waals surface area contributed by atoms with Crippen molar-refractivity contribution in [1.82, 2.24) is 0 Å². The summed E-state index contributed by atoms with van der Waals surface area (Å²) >= 11 is 2.00. The van der Waals surface area contributed by atoms with Crippen LogP contribution in [0.3, 0.4) is 0 Å². The Balaban J connectivity index is 2.26. The number of allylic oxidation sites excluding steroid dienone is 3. The number of methoxy groups -OCH3 is 3. The van der Waals surface area contributed by atoms with Crippen LogP contribution in [0.2, 0.25) is 0 Å². The van der Waals surface area contributed by atoms with Crippen molar-refractivity contribution in [3.05, 3.63) is 82.4 Å². The Labute approximate surface area is 186 Å². The summed E-state index contributed by atoms with van der Waals surface area (Å²) in [6, 6.07) is 7.82.